The number of ether oxygens (including phenoxy) is 2. The van der Waals surface area contributed by atoms with Crippen LogP contribution in [0.3, 0.4) is 0 Å². The van der Waals surface area contributed by atoms with Crippen molar-refractivity contribution in [2.45, 2.75) is 58.3 Å². The first-order valence-electron chi connectivity index (χ1n) is 10.3. The number of benzene rings is 1. The Morgan fingerprint density at radius 1 is 1.13 bits per heavy atom. The lowest BCUT2D eigenvalue weighted by Gasteiger charge is -2.35. The topological polar surface area (TPSA) is 80.8 Å². The number of hydrogen-bond acceptors (Lipinski definition) is 5. The molecule has 1 N–H and O–H groups in total. The summed E-state index contributed by atoms with van der Waals surface area (Å²) in [4.78, 5) is 31.2. The molecule has 1 atom stereocenters. The molecule has 2 amide bonds. The number of rotatable bonds is 4. The third-order valence-electron chi connectivity index (χ3n) is 4.76. The summed E-state index contributed by atoms with van der Waals surface area (Å²) in [5.74, 6) is 0.402. The van der Waals surface area contributed by atoms with E-state index in [0.717, 1.165) is 30.4 Å². The van der Waals surface area contributed by atoms with Gasteiger partial charge in [-0.15, -0.1) is 0 Å². The number of nitrogens with zero attached hydrogens (tertiary/aromatic N) is 2. The molecule has 0 saturated carbocycles. The fourth-order valence-electron chi connectivity index (χ4n) is 3.47. The molecule has 1 aromatic carbocycles. The van der Waals surface area contributed by atoms with Gasteiger partial charge in [0.05, 0.1) is 6.04 Å². The molecule has 1 unspecified atom stereocenters. The lowest BCUT2D eigenvalue weighted by molar-refractivity contribution is 0.0634. The van der Waals surface area contributed by atoms with Crippen LogP contribution in [0.4, 0.5) is 15.4 Å². The minimum Gasteiger partial charge on any atom is -0.445 e. The largest absolute Gasteiger partial charge is 0.445 e. The SMILES string of the molecule is CC(C)(C)OC(=O)Nc1ncccc1C1CCCCN1C(=O)OCc1ccccc1. The van der Waals surface area contributed by atoms with E-state index in [-0.39, 0.29) is 18.7 Å². The van der Waals surface area contributed by atoms with Crippen LogP contribution in [0.1, 0.15) is 57.2 Å². The van der Waals surface area contributed by atoms with Gasteiger partial charge in [0.1, 0.15) is 18.0 Å². The van der Waals surface area contributed by atoms with Gasteiger partial charge in [-0.2, -0.15) is 0 Å². The van der Waals surface area contributed by atoms with E-state index in [2.05, 4.69) is 10.3 Å². The number of carbonyl (C=O) groups excluding carboxylic acids is 2. The van der Waals surface area contributed by atoms with E-state index in [1.807, 2.05) is 36.4 Å². The zero-order valence-electron chi connectivity index (χ0n) is 17.8. The van der Waals surface area contributed by atoms with Gasteiger partial charge >= 0.3 is 12.2 Å². The van der Waals surface area contributed by atoms with Crippen LogP contribution in [-0.4, -0.2) is 34.2 Å². The van der Waals surface area contributed by atoms with Crippen molar-refractivity contribution in [2.75, 3.05) is 11.9 Å². The molecule has 7 nitrogen and oxygen atoms in total. The van der Waals surface area contributed by atoms with Crippen LogP contribution < -0.4 is 5.32 Å². The summed E-state index contributed by atoms with van der Waals surface area (Å²) in [5, 5.41) is 2.73. The molecule has 1 aromatic heterocycles. The third kappa shape index (κ3) is 5.95. The first-order chi connectivity index (χ1) is 14.3. The summed E-state index contributed by atoms with van der Waals surface area (Å²) in [7, 11) is 0. The minimum atomic E-state index is -0.614. The van der Waals surface area contributed by atoms with Crippen LogP contribution >= 0.6 is 0 Å². The monoisotopic (exact) mass is 411 g/mol. The molecule has 1 aliphatic rings. The minimum absolute atomic E-state index is 0.221. The van der Waals surface area contributed by atoms with E-state index in [0.29, 0.717) is 12.4 Å². The average molecular weight is 412 g/mol. The number of hydrogen-bond donors (Lipinski definition) is 1. The molecule has 1 fully saturated rings. The Labute approximate surface area is 177 Å². The molecule has 0 bridgehead atoms. The van der Waals surface area contributed by atoms with Gasteiger partial charge in [0.15, 0.2) is 0 Å². The van der Waals surface area contributed by atoms with Gasteiger partial charge in [-0.25, -0.2) is 14.6 Å². The van der Waals surface area contributed by atoms with Crippen LogP contribution in [0.25, 0.3) is 0 Å². The van der Waals surface area contributed by atoms with Crippen molar-refractivity contribution in [1.82, 2.24) is 9.88 Å². The average Bonchev–Trinajstić information content (AvgIpc) is 2.72. The number of amides is 2. The lowest BCUT2D eigenvalue weighted by atomic mass is 9.96. The van der Waals surface area contributed by atoms with E-state index in [4.69, 9.17) is 9.47 Å². The first kappa shape index (κ1) is 21.6. The predicted octanol–water partition coefficient (Wildman–Crippen LogP) is 5.29. The summed E-state index contributed by atoms with van der Waals surface area (Å²) in [6.07, 6.45) is 3.33. The number of piperidine rings is 1. The molecule has 3 rings (SSSR count). The van der Waals surface area contributed by atoms with Crippen LogP contribution in [0.15, 0.2) is 48.7 Å². The van der Waals surface area contributed by atoms with E-state index in [1.54, 1.807) is 37.9 Å². The molecule has 1 aliphatic heterocycles. The van der Waals surface area contributed by atoms with Gasteiger partial charge in [0, 0.05) is 18.3 Å². The van der Waals surface area contributed by atoms with Crippen LogP contribution in [0.5, 0.6) is 0 Å². The second kappa shape index (κ2) is 9.61. The number of nitrogens with one attached hydrogen (secondary N) is 1. The Balaban J connectivity index is 1.74. The van der Waals surface area contributed by atoms with Crippen LogP contribution in [-0.2, 0) is 16.1 Å². The second-order valence-corrected chi connectivity index (χ2v) is 8.31. The number of carbonyl (C=O) groups is 2. The van der Waals surface area contributed by atoms with Gasteiger partial charge in [0.2, 0.25) is 0 Å². The lowest BCUT2D eigenvalue weighted by Crippen LogP contribution is -2.39. The molecule has 1 saturated heterocycles. The van der Waals surface area contributed by atoms with Crippen molar-refractivity contribution >= 4 is 18.0 Å². The van der Waals surface area contributed by atoms with Crippen LogP contribution in [0, 0.1) is 0 Å². The number of aromatic nitrogens is 1. The van der Waals surface area contributed by atoms with Gasteiger partial charge in [-0.1, -0.05) is 36.4 Å². The number of likely N-dealkylation sites (tertiary alicyclic amines) is 1. The highest BCUT2D eigenvalue weighted by molar-refractivity contribution is 5.84. The molecular formula is C23H29N3O4. The quantitative estimate of drug-likeness (QED) is 0.739. The summed E-state index contributed by atoms with van der Waals surface area (Å²) >= 11 is 0. The molecule has 0 aliphatic carbocycles. The smallest absolute Gasteiger partial charge is 0.413 e. The summed E-state index contributed by atoms with van der Waals surface area (Å²) < 4.78 is 10.9. The first-order valence-corrected chi connectivity index (χ1v) is 10.3. The molecule has 0 spiro atoms. The Hall–Kier alpha value is -3.09. The standard InChI is InChI=1S/C23H29N3O4/c1-23(2,3)30-21(27)25-20-18(12-9-14-24-20)19-13-7-8-15-26(19)22(28)29-16-17-10-5-4-6-11-17/h4-6,9-12,14,19H,7-8,13,15-16H2,1-3H3,(H,24,25,27). The second-order valence-electron chi connectivity index (χ2n) is 8.31. The van der Waals surface area contributed by atoms with Gasteiger partial charge < -0.3 is 14.4 Å². The number of anilines is 1. The fourth-order valence-corrected chi connectivity index (χ4v) is 3.47. The zero-order chi connectivity index (χ0) is 21.6. The van der Waals surface area contributed by atoms with E-state index < -0.39 is 11.7 Å². The number of pyridine rings is 1. The fraction of sp³-hybridized carbons (Fsp3) is 0.435. The Morgan fingerprint density at radius 3 is 2.63 bits per heavy atom. The maximum absolute atomic E-state index is 12.8. The molecular weight excluding hydrogens is 382 g/mol. The Morgan fingerprint density at radius 2 is 1.90 bits per heavy atom. The highest BCUT2D eigenvalue weighted by atomic mass is 16.6. The van der Waals surface area contributed by atoms with Crippen molar-refractivity contribution in [3.05, 3.63) is 59.8 Å². The highest BCUT2D eigenvalue weighted by Gasteiger charge is 2.31. The maximum atomic E-state index is 12.8. The van der Waals surface area contributed by atoms with Gasteiger partial charge in [0.25, 0.3) is 0 Å². The maximum Gasteiger partial charge on any atom is 0.413 e. The van der Waals surface area contributed by atoms with E-state index >= 15 is 0 Å². The van der Waals surface area contributed by atoms with Crippen molar-refractivity contribution in [2.24, 2.45) is 0 Å². The van der Waals surface area contributed by atoms with Crippen molar-refractivity contribution in [1.29, 1.82) is 0 Å². The van der Waals surface area contributed by atoms with Crippen molar-refractivity contribution < 1.29 is 19.1 Å². The third-order valence-corrected chi connectivity index (χ3v) is 4.76. The molecule has 160 valence electrons. The van der Waals surface area contributed by atoms with Crippen LogP contribution in [0.2, 0.25) is 0 Å². The molecule has 2 aromatic rings. The Kier molecular flexibility index (Phi) is 6.92. The normalized spacial score (nSPS) is 16.6. The molecule has 2 heterocycles. The van der Waals surface area contributed by atoms with Crippen molar-refractivity contribution in [3.63, 3.8) is 0 Å². The molecule has 0 radical (unpaired) electrons. The summed E-state index contributed by atoms with van der Waals surface area (Å²) in [5.41, 5.74) is 1.10. The van der Waals surface area contributed by atoms with Gasteiger partial charge in [-0.05, 0) is 51.7 Å². The predicted molar refractivity (Wildman–Crippen MR) is 114 cm³/mol. The van der Waals surface area contributed by atoms with Gasteiger partial charge in [-0.3, -0.25) is 5.32 Å². The summed E-state index contributed by atoms with van der Waals surface area (Å²) in [6, 6.07) is 13.1. The van der Waals surface area contributed by atoms with Crippen molar-refractivity contribution in [3.8, 4) is 0 Å². The summed E-state index contributed by atoms with van der Waals surface area (Å²) in [6.45, 7) is 6.23. The van der Waals surface area contributed by atoms with E-state index in [1.165, 1.54) is 0 Å². The molecule has 7 heteroatoms. The molecule has 30 heavy (non-hydrogen) atoms. The van der Waals surface area contributed by atoms with E-state index in [9.17, 15) is 9.59 Å². The Bertz CT molecular complexity index is 864. The zero-order valence-corrected chi connectivity index (χ0v) is 17.8. The highest BCUT2D eigenvalue weighted by Crippen LogP contribution is 2.34.